The van der Waals surface area contributed by atoms with Crippen molar-refractivity contribution >= 4 is 87.4 Å². The van der Waals surface area contributed by atoms with Crippen LogP contribution in [0.1, 0.15) is 5.56 Å². The Kier molecular flexibility index (Phi) is 8.55. The van der Waals surface area contributed by atoms with Gasteiger partial charge in [-0.1, -0.05) is 170 Å². The zero-order chi connectivity index (χ0) is 47.4. The van der Waals surface area contributed by atoms with Crippen molar-refractivity contribution in [2.45, 2.75) is 0 Å². The second-order valence-corrected chi connectivity index (χ2v) is 18.2. The molecule has 0 atom stereocenters. The molecule has 0 amide bonds. The van der Waals surface area contributed by atoms with Gasteiger partial charge in [-0.05, 0) is 48.5 Å². The van der Waals surface area contributed by atoms with Gasteiger partial charge in [-0.25, -0.2) is 15.0 Å². The van der Waals surface area contributed by atoms with Gasteiger partial charge >= 0.3 is 0 Å². The first-order valence-corrected chi connectivity index (χ1v) is 24.0. The summed E-state index contributed by atoms with van der Waals surface area (Å²) in [7, 11) is 0. The monoisotopic (exact) mass is 919 g/mol. The standard InChI is InChI=1S/C64H37N7O/c65-38-49-56(69-50-29-13-7-23-41(50)42-24-8-14-30-51(42)69)36-48(64-67-62(39-19-3-1-4-20-39)66-63(68-64)40-21-5-2-6-22-40)60-47-35-57(70-52-31-15-9-25-43(52)44-26-10-16-32-53(44)70)58(37-59(47)72-61(49)60)71-54-33-17-11-27-45(54)46-28-12-18-34-55(46)71/h1-37H. The van der Waals surface area contributed by atoms with Gasteiger partial charge < -0.3 is 18.1 Å². The number of aromatic nitrogens is 6. The Labute approximate surface area is 411 Å². The number of benzene rings is 10. The predicted molar refractivity (Wildman–Crippen MR) is 291 cm³/mol. The molecule has 0 aliphatic heterocycles. The second-order valence-electron chi connectivity index (χ2n) is 18.2. The van der Waals surface area contributed by atoms with E-state index in [1.165, 1.54) is 0 Å². The molecule has 5 aromatic heterocycles. The van der Waals surface area contributed by atoms with Crippen LogP contribution in [-0.2, 0) is 0 Å². The molecule has 8 nitrogen and oxygen atoms in total. The molecule has 0 radical (unpaired) electrons. The molecule has 72 heavy (non-hydrogen) atoms. The van der Waals surface area contributed by atoms with Gasteiger partial charge in [0.15, 0.2) is 23.1 Å². The lowest BCUT2D eigenvalue weighted by Gasteiger charge is -2.17. The Morgan fingerprint density at radius 3 is 1.10 bits per heavy atom. The fourth-order valence-corrected chi connectivity index (χ4v) is 11.3. The average molecular weight is 920 g/mol. The zero-order valence-corrected chi connectivity index (χ0v) is 38.4. The molecule has 0 N–H and O–H groups in total. The summed E-state index contributed by atoms with van der Waals surface area (Å²) in [5.41, 5.74) is 12.6. The molecular weight excluding hydrogens is 883 g/mol. The molecule has 10 aromatic carbocycles. The van der Waals surface area contributed by atoms with Crippen LogP contribution in [0.25, 0.3) is 139 Å². The fraction of sp³-hybridized carbons (Fsp3) is 0. The Hall–Kier alpha value is -10.1. The molecule has 0 spiro atoms. The maximum absolute atomic E-state index is 11.6. The molecule has 0 fully saturated rings. The van der Waals surface area contributed by atoms with Gasteiger partial charge in [0.05, 0.1) is 50.2 Å². The summed E-state index contributed by atoms with van der Waals surface area (Å²) >= 11 is 0. The van der Waals surface area contributed by atoms with Gasteiger partial charge in [-0.2, -0.15) is 5.26 Å². The van der Waals surface area contributed by atoms with E-state index >= 15 is 0 Å². The number of nitriles is 1. The smallest absolute Gasteiger partial charge is 0.164 e. The number of furan rings is 1. The van der Waals surface area contributed by atoms with E-state index in [1.807, 2.05) is 72.8 Å². The minimum absolute atomic E-state index is 0.397. The molecule has 0 saturated carbocycles. The molecule has 334 valence electrons. The summed E-state index contributed by atoms with van der Waals surface area (Å²) in [5, 5.41) is 19.9. The first kappa shape index (κ1) is 39.9. The number of hydrogen-bond donors (Lipinski definition) is 0. The van der Waals surface area contributed by atoms with Crippen molar-refractivity contribution in [2.75, 3.05) is 0 Å². The third kappa shape index (κ3) is 5.76. The Balaban J connectivity index is 1.14. The third-order valence-electron chi connectivity index (χ3n) is 14.3. The lowest BCUT2D eigenvalue weighted by atomic mass is 9.99. The van der Waals surface area contributed by atoms with E-state index < -0.39 is 0 Å². The summed E-state index contributed by atoms with van der Waals surface area (Å²) in [5.74, 6) is 1.51. The van der Waals surface area contributed by atoms with Crippen LogP contribution in [0.5, 0.6) is 0 Å². The van der Waals surface area contributed by atoms with Crippen molar-refractivity contribution in [1.29, 1.82) is 5.26 Å². The predicted octanol–water partition coefficient (Wildman–Crippen LogP) is 15.9. The fourth-order valence-electron chi connectivity index (χ4n) is 11.3. The van der Waals surface area contributed by atoms with E-state index in [9.17, 15) is 5.26 Å². The first-order valence-electron chi connectivity index (χ1n) is 24.0. The molecule has 0 aliphatic rings. The van der Waals surface area contributed by atoms with E-state index in [0.29, 0.717) is 45.5 Å². The van der Waals surface area contributed by atoms with Crippen molar-refractivity contribution in [3.05, 3.63) is 230 Å². The lowest BCUT2D eigenvalue weighted by molar-refractivity contribution is 0.667. The Morgan fingerprint density at radius 1 is 0.347 bits per heavy atom. The lowest BCUT2D eigenvalue weighted by Crippen LogP contribution is -2.04. The minimum Gasteiger partial charge on any atom is -0.454 e. The Bertz CT molecular complexity index is 4550. The number of rotatable bonds is 6. The number of nitrogens with zero attached hydrogens (tertiary/aromatic N) is 7. The molecule has 15 aromatic rings. The van der Waals surface area contributed by atoms with Crippen LogP contribution in [0.3, 0.4) is 0 Å². The number of para-hydroxylation sites is 6. The number of fused-ring (bicyclic) bond motifs is 12. The maximum atomic E-state index is 11.6. The first-order chi connectivity index (χ1) is 35.7. The van der Waals surface area contributed by atoms with Crippen LogP contribution in [0.2, 0.25) is 0 Å². The summed E-state index contributed by atoms with van der Waals surface area (Å²) < 4.78 is 14.2. The highest BCUT2D eigenvalue weighted by Gasteiger charge is 2.28. The van der Waals surface area contributed by atoms with Crippen LogP contribution in [0, 0.1) is 11.3 Å². The van der Waals surface area contributed by atoms with E-state index in [4.69, 9.17) is 19.4 Å². The minimum atomic E-state index is 0.397. The van der Waals surface area contributed by atoms with E-state index in [-0.39, 0.29) is 0 Å². The zero-order valence-electron chi connectivity index (χ0n) is 38.4. The van der Waals surface area contributed by atoms with Gasteiger partial charge in [0.1, 0.15) is 17.2 Å². The molecule has 5 heterocycles. The second kappa shape index (κ2) is 15.5. The van der Waals surface area contributed by atoms with Crippen LogP contribution in [-0.4, -0.2) is 28.7 Å². The largest absolute Gasteiger partial charge is 0.454 e. The Morgan fingerprint density at radius 2 is 0.694 bits per heavy atom. The van der Waals surface area contributed by atoms with Crippen molar-refractivity contribution in [1.82, 2.24) is 28.7 Å². The number of hydrogen-bond acceptors (Lipinski definition) is 5. The van der Waals surface area contributed by atoms with Crippen LogP contribution in [0.15, 0.2) is 229 Å². The van der Waals surface area contributed by atoms with Gasteiger partial charge in [0.25, 0.3) is 0 Å². The highest BCUT2D eigenvalue weighted by Crippen LogP contribution is 2.47. The van der Waals surface area contributed by atoms with Gasteiger partial charge in [-0.15, -0.1) is 0 Å². The van der Waals surface area contributed by atoms with Crippen molar-refractivity contribution in [3.8, 4) is 57.3 Å². The summed E-state index contributed by atoms with van der Waals surface area (Å²) in [6, 6.07) is 80.3. The molecule has 8 heteroatoms. The van der Waals surface area contributed by atoms with Crippen molar-refractivity contribution in [2.24, 2.45) is 0 Å². The van der Waals surface area contributed by atoms with Crippen LogP contribution < -0.4 is 0 Å². The quantitative estimate of drug-likeness (QED) is 0.166. The van der Waals surface area contributed by atoms with Crippen LogP contribution >= 0.6 is 0 Å². The molecule has 0 aliphatic carbocycles. The van der Waals surface area contributed by atoms with E-state index in [1.54, 1.807) is 0 Å². The molecular formula is C64H37N7O. The van der Waals surface area contributed by atoms with Gasteiger partial charge in [0.2, 0.25) is 0 Å². The average Bonchev–Trinajstić information content (AvgIpc) is 4.19. The van der Waals surface area contributed by atoms with Crippen molar-refractivity contribution in [3.63, 3.8) is 0 Å². The highest BCUT2D eigenvalue weighted by atomic mass is 16.3. The van der Waals surface area contributed by atoms with Gasteiger partial charge in [-0.3, -0.25) is 0 Å². The molecule has 0 bridgehead atoms. The van der Waals surface area contributed by atoms with Crippen molar-refractivity contribution < 1.29 is 4.42 Å². The van der Waals surface area contributed by atoms with E-state index in [0.717, 1.165) is 98.7 Å². The summed E-state index contributed by atoms with van der Waals surface area (Å²) in [4.78, 5) is 15.8. The van der Waals surface area contributed by atoms with Gasteiger partial charge in [0, 0.05) is 65.8 Å². The maximum Gasteiger partial charge on any atom is 0.164 e. The normalized spacial score (nSPS) is 11.9. The van der Waals surface area contributed by atoms with Crippen LogP contribution in [0.4, 0.5) is 0 Å². The summed E-state index contributed by atoms with van der Waals surface area (Å²) in [6.07, 6.45) is 0. The molecule has 0 saturated heterocycles. The third-order valence-corrected chi connectivity index (χ3v) is 14.3. The van der Waals surface area contributed by atoms with E-state index in [2.05, 4.69) is 171 Å². The SMILES string of the molecule is N#Cc1c(-n2c3ccccc3c3ccccc32)cc(-c2nc(-c3ccccc3)nc(-c3ccccc3)n2)c2c1oc1cc(-n3c4ccccc4c4ccccc43)c(-n3c4ccccc4c4ccccc43)cc12. The topological polar surface area (TPSA) is 90.4 Å². The molecule has 15 rings (SSSR count). The highest BCUT2D eigenvalue weighted by molar-refractivity contribution is 6.18. The molecule has 0 unspecified atom stereocenters. The summed E-state index contributed by atoms with van der Waals surface area (Å²) in [6.45, 7) is 0.